The summed E-state index contributed by atoms with van der Waals surface area (Å²) in [5.74, 6) is -0.602. The van der Waals surface area contributed by atoms with Crippen LogP contribution in [0.3, 0.4) is 0 Å². The summed E-state index contributed by atoms with van der Waals surface area (Å²) >= 11 is 0. The number of hydrogen-bond acceptors (Lipinski definition) is 6. The number of aliphatic hydroxyl groups is 1. The van der Waals surface area contributed by atoms with Crippen LogP contribution in [-0.2, 0) is 21.5 Å². The molecule has 4 rings (SSSR count). The van der Waals surface area contributed by atoms with Gasteiger partial charge in [-0.05, 0) is 53.3 Å². The van der Waals surface area contributed by atoms with Crippen LogP contribution in [0, 0.1) is 0 Å². The van der Waals surface area contributed by atoms with Gasteiger partial charge in [-0.1, -0.05) is 39.0 Å². The van der Waals surface area contributed by atoms with E-state index in [4.69, 9.17) is 0 Å². The molecule has 188 valence electrons. The van der Waals surface area contributed by atoms with Crippen LogP contribution in [0.15, 0.2) is 73.3 Å². The van der Waals surface area contributed by atoms with Crippen LogP contribution < -0.4 is 15.5 Å². The second-order valence-corrected chi connectivity index (χ2v) is 10.1. The largest absolute Gasteiger partial charge is 0.392 e. The number of amides is 2. The van der Waals surface area contributed by atoms with Gasteiger partial charge in [-0.15, -0.1) is 0 Å². The fourth-order valence-corrected chi connectivity index (χ4v) is 4.34. The maximum Gasteiger partial charge on any atom is 0.248 e. The number of anilines is 1. The summed E-state index contributed by atoms with van der Waals surface area (Å²) in [7, 11) is 0. The van der Waals surface area contributed by atoms with E-state index in [0.29, 0.717) is 24.3 Å². The summed E-state index contributed by atoms with van der Waals surface area (Å²) in [6.45, 7) is 7.00. The first-order chi connectivity index (χ1) is 17.2. The van der Waals surface area contributed by atoms with Gasteiger partial charge in [0.1, 0.15) is 6.04 Å². The highest BCUT2D eigenvalue weighted by atomic mass is 16.3. The average molecular weight is 488 g/mol. The molecule has 36 heavy (non-hydrogen) atoms. The molecule has 2 aromatic heterocycles. The summed E-state index contributed by atoms with van der Waals surface area (Å²) in [6, 6.07) is 13.4. The number of rotatable bonds is 7. The minimum Gasteiger partial charge on any atom is -0.392 e. The molecule has 8 heteroatoms. The number of nitrogens with one attached hydrogen (secondary N) is 2. The van der Waals surface area contributed by atoms with Gasteiger partial charge in [-0.3, -0.25) is 24.5 Å². The molecule has 3 atom stereocenters. The van der Waals surface area contributed by atoms with E-state index >= 15 is 0 Å². The molecule has 3 N–H and O–H groups in total. The zero-order chi connectivity index (χ0) is 25.7. The van der Waals surface area contributed by atoms with Crippen LogP contribution in [-0.4, -0.2) is 45.6 Å². The number of pyridine rings is 2. The summed E-state index contributed by atoms with van der Waals surface area (Å²) in [5, 5.41) is 16.2. The van der Waals surface area contributed by atoms with Gasteiger partial charge < -0.3 is 15.7 Å². The quantitative estimate of drug-likeness (QED) is 0.473. The van der Waals surface area contributed by atoms with Gasteiger partial charge in [0, 0.05) is 49.1 Å². The molecule has 1 fully saturated rings. The number of nitrogens with zero attached hydrogens (tertiary/aromatic N) is 3. The number of benzene rings is 1. The van der Waals surface area contributed by atoms with Gasteiger partial charge in [-0.2, -0.15) is 0 Å². The van der Waals surface area contributed by atoms with Crippen molar-refractivity contribution in [1.29, 1.82) is 0 Å². The zero-order valence-electron chi connectivity index (χ0n) is 20.9. The number of β-amino-alcohol motifs (C(OH)–C–C–N with tert-alkyl or cyclic N) is 1. The van der Waals surface area contributed by atoms with Crippen molar-refractivity contribution in [2.45, 2.75) is 57.3 Å². The summed E-state index contributed by atoms with van der Waals surface area (Å²) in [6.07, 6.45) is 6.26. The molecule has 0 aliphatic carbocycles. The standard InChI is InChI=1S/C28H33N5O3/c1-28(2,3)21-6-8-22(9-7-21)33(27(36)24-15-23(34)18-31-24)25(20-5-4-12-30-17-20)26(35)32-16-19-10-13-29-14-11-19/h4-14,17,23-25,31,34H,15-16,18H2,1-3H3,(H,32,35)/t23-,24-,25?/m1/s1. The number of carbonyl (C=O) groups excluding carboxylic acids is 2. The van der Waals surface area contributed by atoms with Crippen molar-refractivity contribution < 1.29 is 14.7 Å². The molecule has 1 aliphatic heterocycles. The Morgan fingerprint density at radius 1 is 1.08 bits per heavy atom. The smallest absolute Gasteiger partial charge is 0.248 e. The highest BCUT2D eigenvalue weighted by Gasteiger charge is 2.39. The zero-order valence-corrected chi connectivity index (χ0v) is 20.9. The third kappa shape index (κ3) is 5.95. The van der Waals surface area contributed by atoms with Crippen LogP contribution >= 0.6 is 0 Å². The Bertz CT molecular complexity index is 1160. The van der Waals surface area contributed by atoms with Crippen LogP contribution in [0.1, 0.15) is 49.9 Å². The van der Waals surface area contributed by atoms with E-state index in [0.717, 1.165) is 11.1 Å². The highest BCUT2D eigenvalue weighted by Crippen LogP contribution is 2.32. The highest BCUT2D eigenvalue weighted by molar-refractivity contribution is 6.03. The van der Waals surface area contributed by atoms with E-state index in [2.05, 4.69) is 41.4 Å². The Labute approximate surface area is 211 Å². The Morgan fingerprint density at radius 2 is 1.81 bits per heavy atom. The molecule has 0 bridgehead atoms. The number of carbonyl (C=O) groups is 2. The minimum atomic E-state index is -0.951. The Balaban J connectivity index is 1.73. The van der Waals surface area contributed by atoms with Gasteiger partial charge in [0.25, 0.3) is 0 Å². The van der Waals surface area contributed by atoms with Crippen molar-refractivity contribution in [2.75, 3.05) is 11.4 Å². The van der Waals surface area contributed by atoms with Crippen molar-refractivity contribution in [3.05, 3.63) is 90.0 Å². The Kier molecular flexibility index (Phi) is 7.76. The van der Waals surface area contributed by atoms with Crippen molar-refractivity contribution in [1.82, 2.24) is 20.6 Å². The Hall–Kier alpha value is -3.62. The van der Waals surface area contributed by atoms with E-state index in [-0.39, 0.29) is 23.7 Å². The van der Waals surface area contributed by atoms with Gasteiger partial charge in [0.2, 0.25) is 11.8 Å². The van der Waals surface area contributed by atoms with Crippen molar-refractivity contribution in [3.63, 3.8) is 0 Å². The van der Waals surface area contributed by atoms with E-state index in [9.17, 15) is 14.7 Å². The lowest BCUT2D eigenvalue weighted by Crippen LogP contribution is -2.50. The van der Waals surface area contributed by atoms with E-state index in [1.54, 1.807) is 36.9 Å². The minimum absolute atomic E-state index is 0.0604. The molecule has 0 spiro atoms. The molecule has 3 heterocycles. The van der Waals surface area contributed by atoms with Crippen molar-refractivity contribution >= 4 is 17.5 Å². The fourth-order valence-electron chi connectivity index (χ4n) is 4.34. The van der Waals surface area contributed by atoms with Crippen LogP contribution in [0.25, 0.3) is 0 Å². The van der Waals surface area contributed by atoms with E-state index in [1.807, 2.05) is 36.4 Å². The molecular weight excluding hydrogens is 454 g/mol. The monoisotopic (exact) mass is 487 g/mol. The molecule has 2 amide bonds. The fraction of sp³-hybridized carbons (Fsp3) is 0.357. The molecule has 1 aliphatic rings. The second-order valence-electron chi connectivity index (χ2n) is 10.1. The van der Waals surface area contributed by atoms with Crippen molar-refractivity contribution in [3.8, 4) is 0 Å². The molecule has 0 radical (unpaired) electrons. The predicted octanol–water partition coefficient (Wildman–Crippen LogP) is 2.89. The topological polar surface area (TPSA) is 107 Å². The lowest BCUT2D eigenvalue weighted by atomic mass is 9.87. The molecule has 1 unspecified atom stereocenters. The first kappa shape index (κ1) is 25.5. The SMILES string of the molecule is CC(C)(C)c1ccc(N(C(=O)[C@H]2C[C@@H](O)CN2)C(C(=O)NCc2ccncc2)c2cccnc2)cc1. The van der Waals surface area contributed by atoms with Crippen LogP contribution in [0.5, 0.6) is 0 Å². The van der Waals surface area contributed by atoms with Crippen LogP contribution in [0.2, 0.25) is 0 Å². The predicted molar refractivity (Wildman–Crippen MR) is 138 cm³/mol. The molecular formula is C28H33N5O3. The van der Waals surface area contributed by atoms with Gasteiger partial charge in [0.15, 0.2) is 0 Å². The summed E-state index contributed by atoms with van der Waals surface area (Å²) in [5.41, 5.74) is 3.15. The van der Waals surface area contributed by atoms with Gasteiger partial charge in [-0.25, -0.2) is 0 Å². The summed E-state index contributed by atoms with van der Waals surface area (Å²) in [4.78, 5) is 37.4. The first-order valence-corrected chi connectivity index (χ1v) is 12.2. The lowest BCUT2D eigenvalue weighted by Gasteiger charge is -2.33. The lowest BCUT2D eigenvalue weighted by molar-refractivity contribution is -0.127. The third-order valence-electron chi connectivity index (χ3n) is 6.38. The van der Waals surface area contributed by atoms with Gasteiger partial charge in [0.05, 0.1) is 12.1 Å². The van der Waals surface area contributed by atoms with Crippen molar-refractivity contribution in [2.24, 2.45) is 0 Å². The van der Waals surface area contributed by atoms with Gasteiger partial charge >= 0.3 is 0 Å². The number of aromatic nitrogens is 2. The number of hydrogen-bond donors (Lipinski definition) is 3. The molecule has 3 aromatic rings. The molecule has 1 saturated heterocycles. The maximum atomic E-state index is 13.9. The Morgan fingerprint density at radius 3 is 2.39 bits per heavy atom. The molecule has 1 aromatic carbocycles. The average Bonchev–Trinajstić information content (AvgIpc) is 3.32. The first-order valence-electron chi connectivity index (χ1n) is 12.2. The molecule has 0 saturated carbocycles. The maximum absolute atomic E-state index is 13.9. The molecule has 8 nitrogen and oxygen atoms in total. The third-order valence-corrected chi connectivity index (χ3v) is 6.38. The summed E-state index contributed by atoms with van der Waals surface area (Å²) < 4.78 is 0. The van der Waals surface area contributed by atoms with E-state index in [1.165, 1.54) is 4.90 Å². The second kappa shape index (κ2) is 11.0. The van der Waals surface area contributed by atoms with Crippen LogP contribution in [0.4, 0.5) is 5.69 Å². The van der Waals surface area contributed by atoms with E-state index < -0.39 is 18.2 Å². The number of aliphatic hydroxyl groups excluding tert-OH is 1. The normalized spacial score (nSPS) is 18.4.